The highest BCUT2D eigenvalue weighted by Gasteiger charge is 2.42. The lowest BCUT2D eigenvalue weighted by atomic mass is 9.85. The first-order chi connectivity index (χ1) is 11.2. The smallest absolute Gasteiger partial charge is 0.346 e. The summed E-state index contributed by atoms with van der Waals surface area (Å²) in [7, 11) is 0. The number of Topliss-reactive ketones (excluding diaryl/α,β-unsaturated/α-hetero) is 1. The van der Waals surface area contributed by atoms with E-state index in [1.165, 1.54) is 0 Å². The first kappa shape index (κ1) is 15.8. The molecular weight excluding hydrogens is 292 g/mol. The van der Waals surface area contributed by atoms with Crippen LogP contribution in [0, 0.1) is 5.92 Å². The van der Waals surface area contributed by atoms with Crippen LogP contribution in [0.3, 0.4) is 0 Å². The van der Waals surface area contributed by atoms with Gasteiger partial charge in [0.25, 0.3) is 0 Å². The molecule has 2 fully saturated rings. The number of aryl methyl sites for hydroxylation is 1. The van der Waals surface area contributed by atoms with Crippen molar-refractivity contribution in [2.45, 2.75) is 51.0 Å². The molecule has 1 heterocycles. The Bertz CT molecular complexity index is 612. The van der Waals surface area contributed by atoms with Gasteiger partial charge in [-0.05, 0) is 31.2 Å². The molecule has 4 nitrogen and oxygen atoms in total. The van der Waals surface area contributed by atoms with E-state index in [0.717, 1.165) is 37.7 Å². The van der Waals surface area contributed by atoms with Crippen LogP contribution in [0.1, 0.15) is 44.1 Å². The Hall–Kier alpha value is -2.10. The molecule has 122 valence electrons. The molecule has 23 heavy (non-hydrogen) atoms. The van der Waals surface area contributed by atoms with Crippen molar-refractivity contribution in [1.82, 2.24) is 0 Å². The third-order valence-electron chi connectivity index (χ3n) is 4.78. The number of carbonyl (C=O) groups is 2. The van der Waals surface area contributed by atoms with Crippen molar-refractivity contribution in [1.29, 1.82) is 0 Å². The summed E-state index contributed by atoms with van der Waals surface area (Å²) in [6.45, 7) is 0. The van der Waals surface area contributed by atoms with Crippen LogP contribution in [0.25, 0.3) is 0 Å². The number of aliphatic hydroxyl groups is 1. The number of ether oxygens (including phenoxy) is 1. The second kappa shape index (κ2) is 6.99. The molecule has 1 aromatic carbocycles. The van der Waals surface area contributed by atoms with Gasteiger partial charge in [0.1, 0.15) is 11.3 Å². The number of hydrogen-bond acceptors (Lipinski definition) is 4. The van der Waals surface area contributed by atoms with E-state index in [1.54, 1.807) is 0 Å². The molecule has 1 aliphatic carbocycles. The molecule has 3 rings (SSSR count). The van der Waals surface area contributed by atoms with E-state index in [4.69, 9.17) is 4.74 Å². The summed E-state index contributed by atoms with van der Waals surface area (Å²) in [6, 6.07) is 9.79. The van der Waals surface area contributed by atoms with Gasteiger partial charge < -0.3 is 9.84 Å². The predicted molar refractivity (Wildman–Crippen MR) is 85.9 cm³/mol. The van der Waals surface area contributed by atoms with E-state index in [-0.39, 0.29) is 23.0 Å². The highest BCUT2D eigenvalue weighted by Crippen LogP contribution is 2.33. The topological polar surface area (TPSA) is 63.6 Å². The van der Waals surface area contributed by atoms with Crippen molar-refractivity contribution < 1.29 is 19.4 Å². The Balaban J connectivity index is 1.69. The van der Waals surface area contributed by atoms with Gasteiger partial charge in [-0.3, -0.25) is 4.79 Å². The van der Waals surface area contributed by atoms with E-state index < -0.39 is 12.1 Å². The average molecular weight is 314 g/mol. The maximum absolute atomic E-state index is 12.5. The van der Waals surface area contributed by atoms with Gasteiger partial charge in [0.15, 0.2) is 6.10 Å². The minimum absolute atomic E-state index is 0.0399. The molecule has 4 heteroatoms. The zero-order valence-electron chi connectivity index (χ0n) is 13.2. The molecule has 1 saturated carbocycles. The van der Waals surface area contributed by atoms with Gasteiger partial charge in [-0.1, -0.05) is 49.6 Å². The number of benzene rings is 1. The van der Waals surface area contributed by atoms with Crippen molar-refractivity contribution in [2.75, 3.05) is 0 Å². The van der Waals surface area contributed by atoms with Crippen LogP contribution < -0.4 is 0 Å². The zero-order chi connectivity index (χ0) is 16.2. The molecule has 1 unspecified atom stereocenters. The van der Waals surface area contributed by atoms with Crippen LogP contribution >= 0.6 is 0 Å². The number of carbonyl (C=O) groups excluding carboxylic acids is 2. The normalized spacial score (nSPS) is 24.6. The Labute approximate surface area is 136 Å². The van der Waals surface area contributed by atoms with Crippen molar-refractivity contribution >= 4 is 11.8 Å². The molecule has 0 aromatic heterocycles. The van der Waals surface area contributed by atoms with Gasteiger partial charge in [0.05, 0.1) is 0 Å². The van der Waals surface area contributed by atoms with Crippen LogP contribution in [0.4, 0.5) is 0 Å². The third kappa shape index (κ3) is 3.46. The summed E-state index contributed by atoms with van der Waals surface area (Å²) < 4.78 is 5.21. The van der Waals surface area contributed by atoms with E-state index in [9.17, 15) is 14.7 Å². The lowest BCUT2D eigenvalue weighted by molar-refractivity contribution is -0.141. The fraction of sp³-hybridized carbons (Fsp3) is 0.474. The van der Waals surface area contributed by atoms with E-state index >= 15 is 0 Å². The van der Waals surface area contributed by atoms with Crippen LogP contribution in [0.2, 0.25) is 0 Å². The van der Waals surface area contributed by atoms with Crippen molar-refractivity contribution in [2.24, 2.45) is 5.92 Å². The second-order valence-electron chi connectivity index (χ2n) is 6.38. The lowest BCUT2D eigenvalue weighted by Gasteiger charge is -2.21. The average Bonchev–Trinajstić information content (AvgIpc) is 2.88. The van der Waals surface area contributed by atoms with Gasteiger partial charge in [-0.15, -0.1) is 0 Å². The van der Waals surface area contributed by atoms with Crippen LogP contribution in [-0.4, -0.2) is 23.0 Å². The Morgan fingerprint density at radius 3 is 2.48 bits per heavy atom. The van der Waals surface area contributed by atoms with E-state index in [2.05, 4.69) is 0 Å². The molecule has 0 spiro atoms. The van der Waals surface area contributed by atoms with Crippen molar-refractivity contribution in [3.8, 4) is 0 Å². The van der Waals surface area contributed by atoms with Gasteiger partial charge in [0, 0.05) is 5.92 Å². The largest absolute Gasteiger partial charge is 0.511 e. The first-order valence-corrected chi connectivity index (χ1v) is 8.39. The molecule has 1 atom stereocenters. The Morgan fingerprint density at radius 2 is 1.78 bits per heavy atom. The number of ketones is 1. The van der Waals surface area contributed by atoms with E-state index in [0.29, 0.717) is 12.8 Å². The highest BCUT2D eigenvalue weighted by atomic mass is 16.6. The fourth-order valence-corrected chi connectivity index (χ4v) is 3.45. The predicted octanol–water partition coefficient (Wildman–Crippen LogP) is 3.51. The van der Waals surface area contributed by atoms with Crippen LogP contribution in [0.15, 0.2) is 41.7 Å². The van der Waals surface area contributed by atoms with Crippen molar-refractivity contribution in [3.05, 3.63) is 47.2 Å². The third-order valence-corrected chi connectivity index (χ3v) is 4.78. The molecular formula is C19H22O4. The zero-order valence-corrected chi connectivity index (χ0v) is 13.2. The first-order valence-electron chi connectivity index (χ1n) is 8.39. The van der Waals surface area contributed by atoms with Crippen LogP contribution in [-0.2, 0) is 20.7 Å². The van der Waals surface area contributed by atoms with Crippen molar-refractivity contribution in [3.63, 3.8) is 0 Å². The minimum Gasteiger partial charge on any atom is -0.511 e. The summed E-state index contributed by atoms with van der Waals surface area (Å²) in [6.07, 6.45) is 5.25. The molecule has 1 N–H and O–H groups in total. The maximum Gasteiger partial charge on any atom is 0.346 e. The summed E-state index contributed by atoms with van der Waals surface area (Å²) >= 11 is 0. The number of aliphatic hydroxyl groups excluding tert-OH is 1. The summed E-state index contributed by atoms with van der Waals surface area (Å²) in [5, 5.41) is 10.4. The van der Waals surface area contributed by atoms with Gasteiger partial charge in [-0.2, -0.15) is 0 Å². The quantitative estimate of drug-likeness (QED) is 0.400. The summed E-state index contributed by atoms with van der Waals surface area (Å²) in [5.41, 5.74) is 1.00. The number of rotatable bonds is 4. The number of cyclic esters (lactones) is 1. The van der Waals surface area contributed by atoms with Gasteiger partial charge in [0.2, 0.25) is 5.78 Å². The van der Waals surface area contributed by atoms with Gasteiger partial charge in [-0.25, -0.2) is 4.79 Å². The standard InChI is InChI=1S/C19H22O4/c20-17(14-9-5-2-6-10-14)16-18(21)15(23-19(16)22)12-11-13-7-3-1-4-8-13/h1,3-4,7-8,14-15,20H,2,5-6,9-12H2/b17-16-. The van der Waals surface area contributed by atoms with E-state index in [1.807, 2.05) is 30.3 Å². The van der Waals surface area contributed by atoms with Crippen LogP contribution in [0.5, 0.6) is 0 Å². The highest BCUT2D eigenvalue weighted by molar-refractivity contribution is 6.23. The maximum atomic E-state index is 12.5. The van der Waals surface area contributed by atoms with Gasteiger partial charge >= 0.3 is 5.97 Å². The molecule has 1 aliphatic heterocycles. The second-order valence-corrected chi connectivity index (χ2v) is 6.38. The number of hydrogen-bond donors (Lipinski definition) is 1. The lowest BCUT2D eigenvalue weighted by Crippen LogP contribution is -2.19. The summed E-state index contributed by atoms with van der Waals surface area (Å²) in [5.74, 6) is -1.12. The number of allylic oxidation sites excluding steroid dienone is 1. The molecule has 0 amide bonds. The molecule has 0 radical (unpaired) electrons. The fourth-order valence-electron chi connectivity index (χ4n) is 3.45. The molecule has 1 saturated heterocycles. The SMILES string of the molecule is O=C1OC(CCc2ccccc2)C(=O)/C1=C(/O)C1CCCCC1. The molecule has 0 bridgehead atoms. The monoisotopic (exact) mass is 314 g/mol. The number of esters is 1. The molecule has 2 aliphatic rings. The Kier molecular flexibility index (Phi) is 4.79. The molecule has 1 aromatic rings. The minimum atomic E-state index is -0.761. The summed E-state index contributed by atoms with van der Waals surface area (Å²) in [4.78, 5) is 24.5. The Morgan fingerprint density at radius 1 is 1.09 bits per heavy atom.